The fourth-order valence-electron chi connectivity index (χ4n) is 5.76. The molecule has 0 saturated heterocycles. The van der Waals surface area contributed by atoms with E-state index in [1.807, 2.05) is 13.0 Å². The summed E-state index contributed by atoms with van der Waals surface area (Å²) in [5, 5.41) is 7.77. The molecule has 3 aliphatic rings. The van der Waals surface area contributed by atoms with Crippen LogP contribution in [0.1, 0.15) is 65.7 Å². The predicted octanol–water partition coefficient (Wildman–Crippen LogP) is 4.80. The maximum atomic E-state index is 14.1. The Kier molecular flexibility index (Phi) is 5.97. The molecule has 3 aromatic rings. The van der Waals surface area contributed by atoms with Gasteiger partial charge in [0.25, 0.3) is 5.91 Å². The van der Waals surface area contributed by atoms with E-state index in [1.165, 1.54) is 29.8 Å². The summed E-state index contributed by atoms with van der Waals surface area (Å²) in [6.45, 7) is 3.29. The second kappa shape index (κ2) is 8.87. The molecule has 0 unspecified atom stereocenters. The first-order chi connectivity index (χ1) is 17.2. The number of carbonyl (C=O) groups is 2. The lowest BCUT2D eigenvalue weighted by molar-refractivity contribution is -0.160. The van der Waals surface area contributed by atoms with Crippen LogP contribution in [0, 0.1) is 30.9 Å². The molecule has 6 rings (SSSR count). The number of aryl methyl sites for hydroxylation is 2. The van der Waals surface area contributed by atoms with Crippen LogP contribution in [0.3, 0.4) is 0 Å². The molecule has 3 saturated carbocycles. The van der Waals surface area contributed by atoms with Gasteiger partial charge in [-0.15, -0.1) is 0 Å². The summed E-state index contributed by atoms with van der Waals surface area (Å²) in [5.74, 6) is -1.48. The SMILES string of the molecule is COC(=O)C12CCC(NC(=O)c3c(C)nn4c(OCc5c(F)cccc5F)cc(C)cc34)(CC1)CC2. The number of nitrogens with one attached hydrogen (secondary N) is 1. The Labute approximate surface area is 207 Å². The quantitative estimate of drug-likeness (QED) is 0.495. The fraction of sp³-hybridized carbons (Fsp3) is 0.444. The number of rotatable bonds is 6. The first-order valence-electron chi connectivity index (χ1n) is 12.1. The van der Waals surface area contributed by atoms with Crippen LogP contribution >= 0.6 is 0 Å². The van der Waals surface area contributed by atoms with Crippen LogP contribution in [-0.2, 0) is 16.1 Å². The van der Waals surface area contributed by atoms with Gasteiger partial charge in [0.05, 0.1) is 34.9 Å². The van der Waals surface area contributed by atoms with Crippen LogP contribution in [0.25, 0.3) is 5.52 Å². The van der Waals surface area contributed by atoms with E-state index in [2.05, 4.69) is 10.4 Å². The maximum absolute atomic E-state index is 14.1. The van der Waals surface area contributed by atoms with Gasteiger partial charge in [-0.05, 0) is 76.1 Å². The molecule has 0 atom stereocenters. The van der Waals surface area contributed by atoms with Gasteiger partial charge in [0.2, 0.25) is 5.88 Å². The minimum absolute atomic E-state index is 0.154. The summed E-state index contributed by atoms with van der Waals surface area (Å²) in [7, 11) is 1.43. The van der Waals surface area contributed by atoms with Gasteiger partial charge in [0.1, 0.15) is 18.2 Å². The normalized spacial score (nSPS) is 23.0. The molecule has 0 spiro atoms. The number of benzene rings is 1. The summed E-state index contributed by atoms with van der Waals surface area (Å²) < 4.78 is 40.5. The van der Waals surface area contributed by atoms with Gasteiger partial charge in [-0.2, -0.15) is 9.61 Å². The predicted molar refractivity (Wildman–Crippen MR) is 128 cm³/mol. The van der Waals surface area contributed by atoms with Gasteiger partial charge in [0.15, 0.2) is 0 Å². The molecule has 1 N–H and O–H groups in total. The molecule has 9 heteroatoms. The molecule has 2 heterocycles. The molecule has 2 bridgehead atoms. The van der Waals surface area contributed by atoms with E-state index in [1.54, 1.807) is 13.0 Å². The summed E-state index contributed by atoms with van der Waals surface area (Å²) in [4.78, 5) is 25.9. The average Bonchev–Trinajstić information content (AvgIpc) is 3.19. The highest BCUT2D eigenvalue weighted by molar-refractivity contribution is 6.02. The van der Waals surface area contributed by atoms with Crippen LogP contribution in [0.15, 0.2) is 30.3 Å². The van der Waals surface area contributed by atoms with Gasteiger partial charge in [-0.3, -0.25) is 9.59 Å². The first-order valence-corrected chi connectivity index (χ1v) is 12.1. The van der Waals surface area contributed by atoms with Crippen molar-refractivity contribution in [2.75, 3.05) is 7.11 Å². The summed E-state index contributed by atoms with van der Waals surface area (Å²) in [6.07, 6.45) is 4.22. The number of fused-ring (bicyclic) bond motifs is 4. The number of hydrogen-bond acceptors (Lipinski definition) is 5. The lowest BCUT2D eigenvalue weighted by Gasteiger charge is -2.52. The Balaban J connectivity index is 1.40. The Morgan fingerprint density at radius 2 is 1.69 bits per heavy atom. The van der Waals surface area contributed by atoms with Gasteiger partial charge in [-0.25, -0.2) is 8.78 Å². The third-order valence-corrected chi connectivity index (χ3v) is 7.92. The third kappa shape index (κ3) is 4.00. The van der Waals surface area contributed by atoms with Gasteiger partial charge in [-0.1, -0.05) is 6.07 Å². The zero-order chi connectivity index (χ0) is 25.7. The number of esters is 1. The molecule has 1 amide bonds. The maximum Gasteiger partial charge on any atom is 0.311 e. The minimum Gasteiger partial charge on any atom is -0.473 e. The van der Waals surface area contributed by atoms with E-state index in [4.69, 9.17) is 9.47 Å². The van der Waals surface area contributed by atoms with Crippen molar-refractivity contribution < 1.29 is 27.8 Å². The van der Waals surface area contributed by atoms with Crippen LogP contribution in [0.2, 0.25) is 0 Å². The van der Waals surface area contributed by atoms with Crippen LogP contribution in [0.5, 0.6) is 5.88 Å². The molecular formula is C27H29F2N3O4. The zero-order valence-electron chi connectivity index (χ0n) is 20.6. The number of hydrogen-bond donors (Lipinski definition) is 1. The fourth-order valence-corrected chi connectivity index (χ4v) is 5.76. The number of nitrogens with zero attached hydrogens (tertiary/aromatic N) is 2. The van der Waals surface area contributed by atoms with E-state index in [0.29, 0.717) is 55.3 Å². The Morgan fingerprint density at radius 3 is 2.31 bits per heavy atom. The molecule has 190 valence electrons. The zero-order valence-corrected chi connectivity index (χ0v) is 20.6. The molecule has 0 radical (unpaired) electrons. The van der Waals surface area contributed by atoms with Gasteiger partial charge in [0, 0.05) is 11.6 Å². The van der Waals surface area contributed by atoms with Crippen LogP contribution < -0.4 is 10.1 Å². The highest BCUT2D eigenvalue weighted by atomic mass is 19.1. The van der Waals surface area contributed by atoms with Crippen molar-refractivity contribution in [3.63, 3.8) is 0 Å². The summed E-state index contributed by atoms with van der Waals surface area (Å²) in [6, 6.07) is 7.22. The number of pyridine rings is 1. The van der Waals surface area contributed by atoms with E-state index in [0.717, 1.165) is 5.56 Å². The summed E-state index contributed by atoms with van der Waals surface area (Å²) in [5.41, 5.74) is 1.36. The van der Waals surface area contributed by atoms with Crippen LogP contribution in [0.4, 0.5) is 8.78 Å². The monoisotopic (exact) mass is 497 g/mol. The number of amides is 1. The number of methoxy groups -OCH3 is 1. The van der Waals surface area contributed by atoms with Crippen molar-refractivity contribution in [3.05, 3.63) is 64.4 Å². The van der Waals surface area contributed by atoms with Gasteiger partial charge >= 0.3 is 5.97 Å². The molecule has 0 aliphatic heterocycles. The Bertz CT molecular complexity index is 1320. The minimum atomic E-state index is -0.689. The number of carbonyl (C=O) groups excluding carboxylic acids is 2. The van der Waals surface area contributed by atoms with Crippen molar-refractivity contribution in [1.82, 2.24) is 14.9 Å². The summed E-state index contributed by atoms with van der Waals surface area (Å²) >= 11 is 0. The lowest BCUT2D eigenvalue weighted by atomic mass is 9.57. The van der Waals surface area contributed by atoms with Crippen molar-refractivity contribution in [1.29, 1.82) is 0 Å². The lowest BCUT2D eigenvalue weighted by Crippen LogP contribution is -2.58. The van der Waals surface area contributed by atoms with Crippen molar-refractivity contribution >= 4 is 17.4 Å². The molecule has 1 aromatic carbocycles. The number of halogens is 2. The van der Waals surface area contributed by atoms with E-state index in [9.17, 15) is 18.4 Å². The number of ether oxygens (including phenoxy) is 2. The second-order valence-electron chi connectivity index (χ2n) is 10.1. The largest absolute Gasteiger partial charge is 0.473 e. The van der Waals surface area contributed by atoms with Crippen LogP contribution in [-0.4, -0.2) is 34.1 Å². The van der Waals surface area contributed by atoms with Crippen molar-refractivity contribution in [2.24, 2.45) is 5.41 Å². The van der Waals surface area contributed by atoms with Crippen molar-refractivity contribution in [3.8, 4) is 5.88 Å². The molecule has 7 nitrogen and oxygen atoms in total. The Morgan fingerprint density at radius 1 is 1.06 bits per heavy atom. The standard InChI is InChI=1S/C27H29F2N3O4/c1-16-13-21-23(24(33)30-27-10-7-26(8-11-27,9-12-27)25(34)35-3)17(2)31-32(21)22(14-16)36-15-18-19(28)5-4-6-20(18)29/h4-6,13-14H,7-12,15H2,1-3H3,(H,30,33). The molecule has 2 aromatic heterocycles. The highest BCUT2D eigenvalue weighted by Crippen LogP contribution is 2.53. The molecule has 36 heavy (non-hydrogen) atoms. The van der Waals surface area contributed by atoms with E-state index in [-0.39, 0.29) is 35.5 Å². The van der Waals surface area contributed by atoms with E-state index < -0.39 is 17.0 Å². The van der Waals surface area contributed by atoms with Crippen molar-refractivity contribution in [2.45, 2.75) is 64.5 Å². The van der Waals surface area contributed by atoms with Gasteiger partial charge < -0.3 is 14.8 Å². The highest BCUT2D eigenvalue weighted by Gasteiger charge is 2.53. The molecule has 3 aliphatic carbocycles. The van der Waals surface area contributed by atoms with E-state index >= 15 is 0 Å². The molecule has 3 fully saturated rings. The number of aromatic nitrogens is 2. The average molecular weight is 498 g/mol. The molecular weight excluding hydrogens is 468 g/mol. The topological polar surface area (TPSA) is 81.9 Å². The smallest absolute Gasteiger partial charge is 0.311 e. The third-order valence-electron chi connectivity index (χ3n) is 7.92. The first kappa shape index (κ1) is 24.2. The Hall–Kier alpha value is -3.49. The second-order valence-corrected chi connectivity index (χ2v) is 10.1.